The van der Waals surface area contributed by atoms with Gasteiger partial charge in [-0.2, -0.15) is 0 Å². The summed E-state index contributed by atoms with van der Waals surface area (Å²) in [5.41, 5.74) is 2.77. The summed E-state index contributed by atoms with van der Waals surface area (Å²) in [5.74, 6) is -0.277. The molecule has 2 aromatic heterocycles. The van der Waals surface area contributed by atoms with Gasteiger partial charge in [0.25, 0.3) is 11.8 Å². The lowest BCUT2D eigenvalue weighted by Gasteiger charge is -2.20. The van der Waals surface area contributed by atoms with Crippen molar-refractivity contribution >= 4 is 23.0 Å². The van der Waals surface area contributed by atoms with E-state index in [0.29, 0.717) is 12.1 Å². The predicted molar refractivity (Wildman–Crippen MR) is 111 cm³/mol. The van der Waals surface area contributed by atoms with Gasteiger partial charge in [0.2, 0.25) is 5.82 Å². The summed E-state index contributed by atoms with van der Waals surface area (Å²) in [5, 5.41) is 2.93. The molecule has 146 valence electrons. The highest BCUT2D eigenvalue weighted by Gasteiger charge is 2.25. The zero-order chi connectivity index (χ0) is 20.3. The molecule has 1 aromatic carbocycles. The van der Waals surface area contributed by atoms with Crippen LogP contribution >= 0.6 is 0 Å². The molecule has 0 aliphatic carbocycles. The van der Waals surface area contributed by atoms with E-state index < -0.39 is 0 Å². The van der Waals surface area contributed by atoms with E-state index >= 15 is 0 Å². The Morgan fingerprint density at radius 1 is 1.18 bits per heavy atom. The molecule has 0 spiro atoms. The maximum absolute atomic E-state index is 13.3. The topological polar surface area (TPSA) is 66.7 Å². The molecule has 0 saturated carbocycles. The molecule has 0 radical (unpaired) electrons. The second-order valence-corrected chi connectivity index (χ2v) is 6.91. The summed E-state index contributed by atoms with van der Waals surface area (Å²) in [4.78, 5) is 32.2. The summed E-state index contributed by atoms with van der Waals surface area (Å²) in [7, 11) is 0. The van der Waals surface area contributed by atoms with E-state index in [2.05, 4.69) is 10.3 Å². The lowest BCUT2D eigenvalue weighted by Crippen LogP contribution is -2.33. The maximum Gasteiger partial charge on any atom is 0.294 e. The van der Waals surface area contributed by atoms with Gasteiger partial charge >= 0.3 is 0 Å². The first kappa shape index (κ1) is 19.6. The number of benzene rings is 1. The quantitative estimate of drug-likeness (QED) is 0.709. The molecule has 1 atom stereocenters. The van der Waals surface area contributed by atoms with Crippen molar-refractivity contribution in [2.45, 2.75) is 40.2 Å². The van der Waals surface area contributed by atoms with Gasteiger partial charge in [-0.1, -0.05) is 25.1 Å². The van der Waals surface area contributed by atoms with Gasteiger partial charge in [0.15, 0.2) is 5.69 Å². The van der Waals surface area contributed by atoms with Crippen LogP contribution in [0.3, 0.4) is 0 Å². The molecule has 6 heteroatoms. The molecule has 1 unspecified atom stereocenters. The lowest BCUT2D eigenvalue weighted by atomic mass is 10.2. The number of aromatic nitrogens is 2. The first-order valence-electron chi connectivity index (χ1n) is 9.62. The highest BCUT2D eigenvalue weighted by Crippen LogP contribution is 2.20. The first-order chi connectivity index (χ1) is 13.5. The van der Waals surface area contributed by atoms with E-state index in [1.807, 2.05) is 64.1 Å². The van der Waals surface area contributed by atoms with Crippen molar-refractivity contribution in [2.75, 3.05) is 11.4 Å². The van der Waals surface area contributed by atoms with Crippen molar-refractivity contribution in [3.05, 3.63) is 65.7 Å². The van der Waals surface area contributed by atoms with Crippen molar-refractivity contribution in [1.29, 1.82) is 0 Å². The second kappa shape index (κ2) is 8.25. The van der Waals surface area contributed by atoms with Gasteiger partial charge in [-0.3, -0.25) is 14.0 Å². The third-order valence-corrected chi connectivity index (χ3v) is 4.82. The number of amides is 2. The normalized spacial score (nSPS) is 12.0. The number of imidazole rings is 1. The van der Waals surface area contributed by atoms with Crippen LogP contribution in [0.2, 0.25) is 0 Å². The average Bonchev–Trinajstić information content (AvgIpc) is 3.08. The number of hydrogen-bond acceptors (Lipinski definition) is 3. The molecular weight excluding hydrogens is 352 g/mol. The monoisotopic (exact) mass is 378 g/mol. The van der Waals surface area contributed by atoms with Gasteiger partial charge in [-0.25, -0.2) is 4.98 Å². The standard InChI is InChI=1S/C22H26N4O2/c1-5-16(4)23-21(27)19-18-12-7-8-13-26(18)20(24-19)22(28)25(6-2)17-11-9-10-15(3)14-17/h7-14,16H,5-6H2,1-4H3,(H,23,27). The third-order valence-electron chi connectivity index (χ3n) is 4.82. The molecule has 0 bridgehead atoms. The summed E-state index contributed by atoms with van der Waals surface area (Å²) in [6, 6.07) is 13.3. The Labute approximate surface area is 165 Å². The van der Waals surface area contributed by atoms with Gasteiger partial charge in [0.05, 0.1) is 5.52 Å². The van der Waals surface area contributed by atoms with E-state index in [1.54, 1.807) is 21.6 Å². The molecule has 6 nitrogen and oxygen atoms in total. The number of carbonyl (C=O) groups is 2. The minimum Gasteiger partial charge on any atom is -0.348 e. The largest absolute Gasteiger partial charge is 0.348 e. The molecule has 1 N–H and O–H groups in total. The predicted octanol–water partition coefficient (Wildman–Crippen LogP) is 3.84. The molecule has 2 heterocycles. The van der Waals surface area contributed by atoms with Crippen molar-refractivity contribution < 1.29 is 9.59 Å². The molecular formula is C22H26N4O2. The number of hydrogen-bond donors (Lipinski definition) is 1. The molecule has 3 aromatic rings. The Kier molecular flexibility index (Phi) is 5.78. The van der Waals surface area contributed by atoms with Gasteiger partial charge in [-0.15, -0.1) is 0 Å². The summed E-state index contributed by atoms with van der Waals surface area (Å²) >= 11 is 0. The molecule has 2 amide bonds. The minimum absolute atomic E-state index is 0.0338. The summed E-state index contributed by atoms with van der Waals surface area (Å²) < 4.78 is 1.69. The van der Waals surface area contributed by atoms with E-state index in [9.17, 15) is 9.59 Å². The first-order valence-corrected chi connectivity index (χ1v) is 9.62. The fourth-order valence-electron chi connectivity index (χ4n) is 3.11. The number of nitrogens with one attached hydrogen (secondary N) is 1. The van der Waals surface area contributed by atoms with Crippen LogP contribution in [0.4, 0.5) is 5.69 Å². The number of pyridine rings is 1. The van der Waals surface area contributed by atoms with Crippen molar-refractivity contribution in [3.8, 4) is 0 Å². The van der Waals surface area contributed by atoms with Crippen LogP contribution in [0.5, 0.6) is 0 Å². The van der Waals surface area contributed by atoms with Crippen LogP contribution in [-0.2, 0) is 0 Å². The van der Waals surface area contributed by atoms with E-state index in [-0.39, 0.29) is 29.4 Å². The van der Waals surface area contributed by atoms with Crippen LogP contribution in [0, 0.1) is 6.92 Å². The SMILES string of the molecule is CCC(C)NC(=O)c1nc(C(=O)N(CC)c2cccc(C)c2)n2ccccc12. The van der Waals surface area contributed by atoms with E-state index in [4.69, 9.17) is 0 Å². The maximum atomic E-state index is 13.3. The number of carbonyl (C=O) groups excluding carboxylic acids is 2. The molecule has 0 fully saturated rings. The Balaban J connectivity index is 2.05. The summed E-state index contributed by atoms with van der Waals surface area (Å²) in [6.45, 7) is 8.36. The van der Waals surface area contributed by atoms with Gasteiger partial charge < -0.3 is 10.2 Å². The highest BCUT2D eigenvalue weighted by molar-refractivity contribution is 6.07. The number of fused-ring (bicyclic) bond motifs is 1. The molecule has 0 saturated heterocycles. The Morgan fingerprint density at radius 3 is 2.64 bits per heavy atom. The zero-order valence-electron chi connectivity index (χ0n) is 16.8. The Bertz CT molecular complexity index is 1010. The fraction of sp³-hybridized carbons (Fsp3) is 0.318. The van der Waals surface area contributed by atoms with E-state index in [0.717, 1.165) is 17.7 Å². The van der Waals surface area contributed by atoms with Crippen LogP contribution in [0.25, 0.3) is 5.52 Å². The smallest absolute Gasteiger partial charge is 0.294 e. The van der Waals surface area contributed by atoms with E-state index in [1.165, 1.54) is 0 Å². The average molecular weight is 378 g/mol. The molecule has 0 aliphatic heterocycles. The van der Waals surface area contributed by atoms with Gasteiger partial charge in [0, 0.05) is 24.5 Å². The minimum atomic E-state index is -0.268. The number of nitrogens with zero attached hydrogens (tertiary/aromatic N) is 3. The van der Waals surface area contributed by atoms with Crippen molar-refractivity contribution in [3.63, 3.8) is 0 Å². The van der Waals surface area contributed by atoms with Crippen molar-refractivity contribution in [1.82, 2.24) is 14.7 Å². The van der Waals surface area contributed by atoms with Crippen LogP contribution < -0.4 is 10.2 Å². The second-order valence-electron chi connectivity index (χ2n) is 6.91. The Hall–Kier alpha value is -3.15. The lowest BCUT2D eigenvalue weighted by molar-refractivity contribution is 0.0936. The van der Waals surface area contributed by atoms with Crippen LogP contribution in [0.15, 0.2) is 48.7 Å². The zero-order valence-corrected chi connectivity index (χ0v) is 16.8. The number of anilines is 1. The van der Waals surface area contributed by atoms with Gasteiger partial charge in [0.1, 0.15) is 0 Å². The molecule has 0 aliphatic rings. The molecule has 28 heavy (non-hydrogen) atoms. The fourth-order valence-corrected chi connectivity index (χ4v) is 3.11. The molecule has 3 rings (SSSR count). The van der Waals surface area contributed by atoms with Gasteiger partial charge in [-0.05, 0) is 57.0 Å². The summed E-state index contributed by atoms with van der Waals surface area (Å²) in [6.07, 6.45) is 2.58. The number of rotatable bonds is 6. The van der Waals surface area contributed by atoms with Crippen molar-refractivity contribution in [2.24, 2.45) is 0 Å². The highest BCUT2D eigenvalue weighted by atomic mass is 16.2. The third kappa shape index (κ3) is 3.76. The number of aryl methyl sites for hydroxylation is 1. The Morgan fingerprint density at radius 2 is 1.96 bits per heavy atom. The van der Waals surface area contributed by atoms with Crippen LogP contribution in [0.1, 0.15) is 53.9 Å². The van der Waals surface area contributed by atoms with Crippen LogP contribution in [-0.4, -0.2) is 33.8 Å².